The Morgan fingerprint density at radius 2 is 1.45 bits per heavy atom. The van der Waals surface area contributed by atoms with Gasteiger partial charge in [-0.3, -0.25) is 0 Å². The normalized spacial score (nSPS) is 22.6. The molecule has 9 nitrogen and oxygen atoms in total. The minimum Gasteiger partial charge on any atom is -0.492 e. The number of hydrogen-bond donors (Lipinski definition) is 1. The highest BCUT2D eigenvalue weighted by Gasteiger charge is 2.47. The van der Waals surface area contributed by atoms with Gasteiger partial charge in [0, 0.05) is 16.7 Å². The van der Waals surface area contributed by atoms with Gasteiger partial charge in [0.15, 0.2) is 29.1 Å². The largest absolute Gasteiger partial charge is 0.492 e. The van der Waals surface area contributed by atoms with Crippen molar-refractivity contribution in [2.45, 2.75) is 32.0 Å². The molecule has 1 aliphatic carbocycles. The smallest absolute Gasteiger partial charge is 0.338 e. The lowest BCUT2D eigenvalue weighted by molar-refractivity contribution is -0.107. The Labute approximate surface area is 232 Å². The Hall–Kier alpha value is -4.11. The maximum Gasteiger partial charge on any atom is 0.338 e. The average Bonchev–Trinajstić information content (AvgIpc) is 2.98. The molecule has 3 aromatic carbocycles. The molecule has 6 rings (SSSR count). The second-order valence-corrected chi connectivity index (χ2v) is 10.3. The SMILES string of the molecule is COc1c2c(cc3c1-c1c(cc4c(c1OC)OCCO4)[C@H](OC(=O)c1ccccc1)[C@@](C)(O)[C@@H](C)C3)OCCO2. The van der Waals surface area contributed by atoms with Gasteiger partial charge in [-0.1, -0.05) is 25.1 Å². The zero-order valence-electron chi connectivity index (χ0n) is 22.9. The highest BCUT2D eigenvalue weighted by atomic mass is 16.6. The topological polar surface area (TPSA) is 102 Å². The first kappa shape index (κ1) is 26.1. The number of aliphatic hydroxyl groups is 1. The van der Waals surface area contributed by atoms with Crippen LogP contribution in [-0.2, 0) is 11.2 Å². The second-order valence-electron chi connectivity index (χ2n) is 10.3. The van der Waals surface area contributed by atoms with Gasteiger partial charge in [-0.15, -0.1) is 0 Å². The number of benzene rings is 3. The Bertz CT molecular complexity index is 1450. The summed E-state index contributed by atoms with van der Waals surface area (Å²) in [5, 5.41) is 12.1. The molecule has 0 bridgehead atoms. The van der Waals surface area contributed by atoms with E-state index in [0.29, 0.717) is 89.6 Å². The van der Waals surface area contributed by atoms with Gasteiger partial charge in [0.05, 0.1) is 19.8 Å². The van der Waals surface area contributed by atoms with E-state index >= 15 is 0 Å². The van der Waals surface area contributed by atoms with Crippen molar-refractivity contribution in [3.63, 3.8) is 0 Å². The summed E-state index contributed by atoms with van der Waals surface area (Å²) in [5.74, 6) is 1.83. The van der Waals surface area contributed by atoms with E-state index in [9.17, 15) is 9.90 Å². The third-order valence-electron chi connectivity index (χ3n) is 7.92. The van der Waals surface area contributed by atoms with Crippen LogP contribution in [0.5, 0.6) is 34.5 Å². The molecule has 3 aliphatic rings. The molecule has 0 aromatic heterocycles. The zero-order chi connectivity index (χ0) is 28.0. The van der Waals surface area contributed by atoms with Crippen LogP contribution in [0.2, 0.25) is 0 Å². The molecule has 0 spiro atoms. The van der Waals surface area contributed by atoms with Gasteiger partial charge in [0.2, 0.25) is 11.5 Å². The maximum atomic E-state index is 13.4. The minimum absolute atomic E-state index is 0.342. The summed E-state index contributed by atoms with van der Waals surface area (Å²) < 4.78 is 42.1. The number of fused-ring (bicyclic) bond motifs is 5. The number of methoxy groups -OCH3 is 2. The standard InChI is InChI=1S/C31H32O9/c1-17-14-19-15-21-25(38-12-10-36-21)27(34-3)23(19)24-20(16-22-26(28(24)35-4)39-13-11-37-22)29(31(17,2)33)40-30(32)18-8-6-5-7-9-18/h5-9,15-17,29,33H,10-14H2,1-4H3/t17-,29-,31-/m0/s1. The van der Waals surface area contributed by atoms with Crippen LogP contribution >= 0.6 is 0 Å². The molecule has 3 atom stereocenters. The molecule has 0 amide bonds. The molecule has 0 saturated heterocycles. The number of carbonyl (C=O) groups excluding carboxylic acids is 1. The van der Waals surface area contributed by atoms with Crippen molar-refractivity contribution in [2.75, 3.05) is 40.6 Å². The van der Waals surface area contributed by atoms with E-state index in [1.165, 1.54) is 0 Å². The van der Waals surface area contributed by atoms with E-state index in [2.05, 4.69) is 0 Å². The molecule has 0 unspecified atom stereocenters. The molecular weight excluding hydrogens is 516 g/mol. The lowest BCUT2D eigenvalue weighted by atomic mass is 9.73. The minimum atomic E-state index is -1.49. The fourth-order valence-electron chi connectivity index (χ4n) is 5.71. The number of carbonyl (C=O) groups is 1. The number of hydrogen-bond acceptors (Lipinski definition) is 9. The summed E-state index contributed by atoms with van der Waals surface area (Å²) in [6.45, 7) is 5.09. The fraction of sp³-hybridized carbons (Fsp3) is 0.387. The zero-order valence-corrected chi connectivity index (χ0v) is 22.9. The number of ether oxygens (including phenoxy) is 7. The van der Waals surface area contributed by atoms with Crippen LogP contribution in [0.4, 0.5) is 0 Å². The summed E-state index contributed by atoms with van der Waals surface area (Å²) in [6.07, 6.45) is -0.674. The Morgan fingerprint density at radius 3 is 2.08 bits per heavy atom. The van der Waals surface area contributed by atoms with Gasteiger partial charge < -0.3 is 38.3 Å². The van der Waals surface area contributed by atoms with E-state index < -0.39 is 17.7 Å². The quantitative estimate of drug-likeness (QED) is 0.463. The van der Waals surface area contributed by atoms with Crippen LogP contribution in [0.1, 0.15) is 41.4 Å². The van der Waals surface area contributed by atoms with E-state index in [1.54, 1.807) is 51.5 Å². The highest BCUT2D eigenvalue weighted by molar-refractivity contribution is 5.91. The van der Waals surface area contributed by atoms with E-state index in [0.717, 1.165) is 5.56 Å². The summed E-state index contributed by atoms with van der Waals surface area (Å²) in [6, 6.07) is 12.4. The first-order valence-corrected chi connectivity index (χ1v) is 13.3. The second kappa shape index (κ2) is 10.1. The summed E-state index contributed by atoms with van der Waals surface area (Å²) in [7, 11) is 3.12. The molecule has 40 heavy (non-hydrogen) atoms. The van der Waals surface area contributed by atoms with Crippen LogP contribution in [-0.4, -0.2) is 57.3 Å². The van der Waals surface area contributed by atoms with Crippen LogP contribution in [0.15, 0.2) is 42.5 Å². The van der Waals surface area contributed by atoms with Crippen LogP contribution in [0, 0.1) is 5.92 Å². The third kappa shape index (κ3) is 4.16. The Kier molecular flexibility index (Phi) is 6.62. The number of rotatable bonds is 4. The van der Waals surface area contributed by atoms with Crippen molar-refractivity contribution in [2.24, 2.45) is 5.92 Å². The molecule has 0 fully saturated rings. The van der Waals surface area contributed by atoms with Crippen molar-refractivity contribution < 1.29 is 43.1 Å². The molecule has 2 heterocycles. The van der Waals surface area contributed by atoms with Gasteiger partial charge in [0.25, 0.3) is 0 Å². The third-order valence-corrected chi connectivity index (χ3v) is 7.92. The molecule has 2 aliphatic heterocycles. The van der Waals surface area contributed by atoms with Crippen molar-refractivity contribution in [3.8, 4) is 45.6 Å². The maximum absolute atomic E-state index is 13.4. The summed E-state index contributed by atoms with van der Waals surface area (Å²) in [5.41, 5.74) is 1.49. The van der Waals surface area contributed by atoms with E-state index in [1.807, 2.05) is 19.1 Å². The van der Waals surface area contributed by atoms with Gasteiger partial charge in [-0.25, -0.2) is 4.79 Å². The van der Waals surface area contributed by atoms with E-state index in [-0.39, 0.29) is 5.92 Å². The van der Waals surface area contributed by atoms with Crippen LogP contribution < -0.4 is 28.4 Å². The van der Waals surface area contributed by atoms with Crippen molar-refractivity contribution in [1.82, 2.24) is 0 Å². The fourth-order valence-corrected chi connectivity index (χ4v) is 5.71. The molecule has 9 heteroatoms. The Balaban J connectivity index is 1.67. The molecule has 210 valence electrons. The molecule has 3 aromatic rings. The molecule has 0 saturated carbocycles. The van der Waals surface area contributed by atoms with E-state index in [4.69, 9.17) is 33.2 Å². The molecule has 1 N–H and O–H groups in total. The predicted molar refractivity (Wildman–Crippen MR) is 145 cm³/mol. The summed E-state index contributed by atoms with van der Waals surface area (Å²) in [4.78, 5) is 13.4. The van der Waals surface area contributed by atoms with Crippen molar-refractivity contribution in [3.05, 3.63) is 59.2 Å². The average molecular weight is 549 g/mol. The van der Waals surface area contributed by atoms with Crippen molar-refractivity contribution in [1.29, 1.82) is 0 Å². The van der Waals surface area contributed by atoms with Gasteiger partial charge >= 0.3 is 5.97 Å². The predicted octanol–water partition coefficient (Wildman–Crippen LogP) is 4.75. The molecular formula is C31H32O9. The van der Waals surface area contributed by atoms with Gasteiger partial charge in [-0.05, 0) is 49.1 Å². The van der Waals surface area contributed by atoms with Gasteiger partial charge in [0.1, 0.15) is 32.0 Å². The lowest BCUT2D eigenvalue weighted by Gasteiger charge is -2.41. The number of esters is 1. The Morgan fingerprint density at radius 1 is 0.875 bits per heavy atom. The first-order valence-electron chi connectivity index (χ1n) is 13.3. The lowest BCUT2D eigenvalue weighted by Crippen LogP contribution is -2.44. The highest BCUT2D eigenvalue weighted by Crippen LogP contribution is 2.59. The first-order chi connectivity index (χ1) is 19.3. The van der Waals surface area contributed by atoms with Gasteiger partial charge in [-0.2, -0.15) is 0 Å². The van der Waals surface area contributed by atoms with Crippen LogP contribution in [0.3, 0.4) is 0 Å². The van der Waals surface area contributed by atoms with Crippen LogP contribution in [0.25, 0.3) is 11.1 Å². The monoisotopic (exact) mass is 548 g/mol. The summed E-state index contributed by atoms with van der Waals surface area (Å²) >= 11 is 0. The molecule has 0 radical (unpaired) electrons. The van der Waals surface area contributed by atoms with Crippen molar-refractivity contribution >= 4 is 5.97 Å².